The first-order chi connectivity index (χ1) is 10.3. The standard InChI is InChI=1S/C20H28O2/c1-15(8-6-9-17(3)19(22)14-21)11-12-18-16(2)10-7-13-20(18,4)5/h6,8-9,11-12,14,17H,7,10,13H2,1-5H3. The number of ketones is 1. The van der Waals surface area contributed by atoms with Gasteiger partial charge in [-0.15, -0.1) is 0 Å². The fraction of sp³-hybridized carbons (Fsp3) is 0.500. The van der Waals surface area contributed by atoms with Gasteiger partial charge in [0.2, 0.25) is 5.78 Å². The Morgan fingerprint density at radius 1 is 1.32 bits per heavy atom. The van der Waals surface area contributed by atoms with Crippen LogP contribution in [0.5, 0.6) is 0 Å². The second kappa shape index (κ2) is 8.07. The molecule has 0 aliphatic heterocycles. The van der Waals surface area contributed by atoms with Crippen LogP contribution < -0.4 is 0 Å². The van der Waals surface area contributed by atoms with Crippen molar-refractivity contribution in [2.45, 2.75) is 53.9 Å². The summed E-state index contributed by atoms with van der Waals surface area (Å²) < 4.78 is 0. The minimum absolute atomic E-state index is 0.250. The van der Waals surface area contributed by atoms with E-state index in [1.807, 2.05) is 19.1 Å². The molecule has 0 bridgehead atoms. The van der Waals surface area contributed by atoms with Gasteiger partial charge >= 0.3 is 0 Å². The van der Waals surface area contributed by atoms with E-state index in [4.69, 9.17) is 0 Å². The molecule has 120 valence electrons. The van der Waals surface area contributed by atoms with Crippen LogP contribution in [0.3, 0.4) is 0 Å². The second-order valence-corrected chi connectivity index (χ2v) is 6.87. The van der Waals surface area contributed by atoms with Gasteiger partial charge in [0.1, 0.15) is 0 Å². The average molecular weight is 300 g/mol. The van der Waals surface area contributed by atoms with E-state index in [9.17, 15) is 9.59 Å². The van der Waals surface area contributed by atoms with Crippen LogP contribution in [0.25, 0.3) is 0 Å². The van der Waals surface area contributed by atoms with Crippen LogP contribution in [0.2, 0.25) is 0 Å². The van der Waals surface area contributed by atoms with E-state index >= 15 is 0 Å². The van der Waals surface area contributed by atoms with Crippen molar-refractivity contribution in [2.75, 3.05) is 0 Å². The van der Waals surface area contributed by atoms with E-state index in [0.29, 0.717) is 6.29 Å². The maximum atomic E-state index is 11.2. The Morgan fingerprint density at radius 2 is 2.00 bits per heavy atom. The van der Waals surface area contributed by atoms with Gasteiger partial charge in [0.15, 0.2) is 6.29 Å². The molecular weight excluding hydrogens is 272 g/mol. The summed E-state index contributed by atoms with van der Waals surface area (Å²) in [6.07, 6.45) is 14.0. The topological polar surface area (TPSA) is 34.1 Å². The Balaban J connectivity index is 2.77. The summed E-state index contributed by atoms with van der Waals surface area (Å²) in [5.41, 5.74) is 4.31. The molecule has 0 fully saturated rings. The molecule has 0 N–H and O–H groups in total. The highest BCUT2D eigenvalue weighted by Crippen LogP contribution is 2.40. The van der Waals surface area contributed by atoms with Crippen molar-refractivity contribution in [3.8, 4) is 0 Å². The van der Waals surface area contributed by atoms with Crippen LogP contribution >= 0.6 is 0 Å². The predicted octanol–water partition coefficient (Wildman–Crippen LogP) is 4.98. The van der Waals surface area contributed by atoms with Crippen LogP contribution in [0.4, 0.5) is 0 Å². The molecule has 0 aromatic rings. The smallest absolute Gasteiger partial charge is 0.201 e. The number of aldehydes is 1. The molecule has 1 rings (SSSR count). The minimum Gasteiger partial charge on any atom is -0.295 e. The molecule has 0 heterocycles. The van der Waals surface area contributed by atoms with Crippen molar-refractivity contribution < 1.29 is 9.59 Å². The normalized spacial score (nSPS) is 20.7. The van der Waals surface area contributed by atoms with E-state index in [2.05, 4.69) is 32.9 Å². The lowest BCUT2D eigenvalue weighted by molar-refractivity contribution is -0.131. The Morgan fingerprint density at radius 3 is 2.59 bits per heavy atom. The SMILES string of the molecule is CC(C=CC1=C(C)CCCC1(C)C)=CC=CC(C)C(=O)C=O. The van der Waals surface area contributed by atoms with Gasteiger partial charge in [-0.2, -0.15) is 0 Å². The summed E-state index contributed by atoms with van der Waals surface area (Å²) in [5.74, 6) is -0.740. The van der Waals surface area contributed by atoms with Gasteiger partial charge in [-0.25, -0.2) is 0 Å². The highest BCUT2D eigenvalue weighted by atomic mass is 16.2. The summed E-state index contributed by atoms with van der Waals surface area (Å²) in [7, 11) is 0. The van der Waals surface area contributed by atoms with Crippen molar-refractivity contribution in [1.82, 2.24) is 0 Å². The van der Waals surface area contributed by atoms with Gasteiger partial charge in [-0.05, 0) is 44.1 Å². The molecule has 0 amide bonds. The quantitative estimate of drug-likeness (QED) is 0.394. The van der Waals surface area contributed by atoms with Crippen LogP contribution in [-0.4, -0.2) is 12.1 Å². The summed E-state index contributed by atoms with van der Waals surface area (Å²) in [4.78, 5) is 21.6. The largest absolute Gasteiger partial charge is 0.295 e. The molecule has 1 atom stereocenters. The zero-order valence-corrected chi connectivity index (χ0v) is 14.5. The first-order valence-corrected chi connectivity index (χ1v) is 8.00. The Hall–Kier alpha value is -1.70. The lowest BCUT2D eigenvalue weighted by Gasteiger charge is -2.32. The monoisotopic (exact) mass is 300 g/mol. The molecule has 1 aliphatic rings. The van der Waals surface area contributed by atoms with E-state index in [-0.39, 0.29) is 17.1 Å². The number of hydrogen-bond acceptors (Lipinski definition) is 2. The molecule has 0 saturated carbocycles. The lowest BCUT2D eigenvalue weighted by atomic mass is 9.72. The van der Waals surface area contributed by atoms with Crippen LogP contribution in [-0.2, 0) is 9.59 Å². The molecule has 1 aliphatic carbocycles. The fourth-order valence-electron chi connectivity index (χ4n) is 2.86. The van der Waals surface area contributed by atoms with Crippen LogP contribution in [0.15, 0.2) is 47.1 Å². The second-order valence-electron chi connectivity index (χ2n) is 6.87. The number of carbonyl (C=O) groups excluding carboxylic acids is 2. The van der Waals surface area contributed by atoms with E-state index in [0.717, 1.165) is 5.57 Å². The molecule has 0 saturated heterocycles. The highest BCUT2D eigenvalue weighted by molar-refractivity contribution is 6.26. The first kappa shape index (κ1) is 18.3. The third kappa shape index (κ3) is 5.25. The number of hydrogen-bond donors (Lipinski definition) is 0. The van der Waals surface area contributed by atoms with Gasteiger partial charge in [0, 0.05) is 5.92 Å². The number of rotatable bonds is 6. The summed E-state index contributed by atoms with van der Waals surface area (Å²) >= 11 is 0. The van der Waals surface area contributed by atoms with Crippen molar-refractivity contribution in [1.29, 1.82) is 0 Å². The van der Waals surface area contributed by atoms with E-state index in [1.165, 1.54) is 30.4 Å². The maximum Gasteiger partial charge on any atom is 0.201 e. The molecule has 0 radical (unpaired) electrons. The van der Waals surface area contributed by atoms with Gasteiger partial charge in [-0.1, -0.05) is 62.3 Å². The van der Waals surface area contributed by atoms with Gasteiger partial charge in [0.25, 0.3) is 0 Å². The van der Waals surface area contributed by atoms with Gasteiger partial charge in [0.05, 0.1) is 0 Å². The third-order valence-corrected chi connectivity index (χ3v) is 4.38. The van der Waals surface area contributed by atoms with Crippen molar-refractivity contribution >= 4 is 12.1 Å². The fourth-order valence-corrected chi connectivity index (χ4v) is 2.86. The average Bonchev–Trinajstić information content (AvgIpc) is 2.45. The summed E-state index contributed by atoms with van der Waals surface area (Å²) in [6, 6.07) is 0. The first-order valence-electron chi connectivity index (χ1n) is 8.00. The van der Waals surface area contributed by atoms with Crippen molar-refractivity contribution in [3.05, 3.63) is 47.1 Å². The predicted molar refractivity (Wildman–Crippen MR) is 92.6 cm³/mol. The number of allylic oxidation sites excluding steroid dienone is 8. The Bertz CT molecular complexity index is 542. The molecule has 2 nitrogen and oxygen atoms in total. The van der Waals surface area contributed by atoms with Crippen LogP contribution in [0.1, 0.15) is 53.9 Å². The van der Waals surface area contributed by atoms with Crippen molar-refractivity contribution in [2.24, 2.45) is 11.3 Å². The zero-order chi connectivity index (χ0) is 16.8. The van der Waals surface area contributed by atoms with E-state index in [1.54, 1.807) is 13.0 Å². The molecular formula is C20H28O2. The van der Waals surface area contributed by atoms with Gasteiger partial charge in [-0.3, -0.25) is 9.59 Å². The van der Waals surface area contributed by atoms with Gasteiger partial charge < -0.3 is 0 Å². The number of Topliss-reactive ketones (excluding diaryl/α,β-unsaturated/α-hetero) is 1. The van der Waals surface area contributed by atoms with Crippen molar-refractivity contribution in [3.63, 3.8) is 0 Å². The Kier molecular flexibility index (Phi) is 6.73. The lowest BCUT2D eigenvalue weighted by Crippen LogP contribution is -2.19. The molecule has 1 unspecified atom stereocenters. The minimum atomic E-state index is -0.386. The molecule has 0 aromatic heterocycles. The third-order valence-electron chi connectivity index (χ3n) is 4.38. The Labute approximate surface area is 134 Å². The molecule has 22 heavy (non-hydrogen) atoms. The summed E-state index contributed by atoms with van der Waals surface area (Å²) in [6.45, 7) is 10.6. The van der Waals surface area contributed by atoms with Crippen LogP contribution in [0, 0.1) is 11.3 Å². The molecule has 2 heteroatoms. The zero-order valence-electron chi connectivity index (χ0n) is 14.5. The molecule has 0 aromatic carbocycles. The number of carbonyl (C=O) groups is 2. The maximum absolute atomic E-state index is 11.2. The summed E-state index contributed by atoms with van der Waals surface area (Å²) in [5, 5.41) is 0. The van der Waals surface area contributed by atoms with E-state index < -0.39 is 0 Å². The molecule has 0 spiro atoms. The highest BCUT2D eigenvalue weighted by Gasteiger charge is 2.26.